The first-order valence-corrected chi connectivity index (χ1v) is 4.47. The van der Waals surface area contributed by atoms with Crippen molar-refractivity contribution >= 4 is 0 Å². The third-order valence-electron chi connectivity index (χ3n) is 1.83. The van der Waals surface area contributed by atoms with Crippen LogP contribution >= 0.6 is 0 Å². The van der Waals surface area contributed by atoms with Crippen LogP contribution in [0.4, 0.5) is 0 Å². The van der Waals surface area contributed by atoms with Gasteiger partial charge in [-0.05, 0) is 18.2 Å². The number of rotatable bonds is 6. The standard InChI is InChI=1S/C11H15O4/c1-12-8-15-7-9-6-10(13-2)4-5-11(9)14-3/h4-7H,8H2,1-3H3. The van der Waals surface area contributed by atoms with Gasteiger partial charge in [-0.3, -0.25) is 0 Å². The summed E-state index contributed by atoms with van der Waals surface area (Å²) in [7, 11) is 4.79. The topological polar surface area (TPSA) is 36.9 Å². The van der Waals surface area contributed by atoms with Crippen molar-refractivity contribution in [1.29, 1.82) is 0 Å². The van der Waals surface area contributed by atoms with E-state index in [0.29, 0.717) is 0 Å². The fraction of sp³-hybridized carbons (Fsp3) is 0.364. The molecule has 15 heavy (non-hydrogen) atoms. The van der Waals surface area contributed by atoms with E-state index >= 15 is 0 Å². The molecule has 4 heteroatoms. The van der Waals surface area contributed by atoms with E-state index in [1.165, 1.54) is 0 Å². The molecule has 0 saturated heterocycles. The van der Waals surface area contributed by atoms with Gasteiger partial charge >= 0.3 is 0 Å². The van der Waals surface area contributed by atoms with Crippen molar-refractivity contribution in [3.63, 3.8) is 0 Å². The van der Waals surface area contributed by atoms with E-state index in [-0.39, 0.29) is 6.79 Å². The molecule has 1 aromatic rings. The Labute approximate surface area is 89.7 Å². The summed E-state index contributed by atoms with van der Waals surface area (Å²) in [5.41, 5.74) is 0.814. The first-order chi connectivity index (χ1) is 7.31. The molecule has 0 aliphatic carbocycles. The normalized spacial score (nSPS) is 10.1. The summed E-state index contributed by atoms with van der Waals surface area (Å²) in [5, 5.41) is 0. The predicted octanol–water partition coefficient (Wildman–Crippen LogP) is 1.83. The maximum Gasteiger partial charge on any atom is 0.147 e. The average molecular weight is 211 g/mol. The lowest BCUT2D eigenvalue weighted by Gasteiger charge is -2.09. The minimum atomic E-state index is 0.209. The van der Waals surface area contributed by atoms with Crippen LogP contribution in [0.1, 0.15) is 5.56 Å². The summed E-state index contributed by atoms with van der Waals surface area (Å²) < 4.78 is 20.2. The van der Waals surface area contributed by atoms with Gasteiger partial charge in [0.1, 0.15) is 24.9 Å². The number of ether oxygens (including phenoxy) is 4. The molecule has 0 spiro atoms. The second kappa shape index (κ2) is 6.27. The van der Waals surface area contributed by atoms with Gasteiger partial charge in [-0.1, -0.05) is 0 Å². The third kappa shape index (κ3) is 3.42. The molecule has 0 atom stereocenters. The van der Waals surface area contributed by atoms with Crippen molar-refractivity contribution in [1.82, 2.24) is 0 Å². The fourth-order valence-corrected chi connectivity index (χ4v) is 1.12. The minimum Gasteiger partial charge on any atom is -0.497 e. The van der Waals surface area contributed by atoms with Gasteiger partial charge in [0.15, 0.2) is 0 Å². The van der Waals surface area contributed by atoms with Crippen LogP contribution < -0.4 is 9.47 Å². The van der Waals surface area contributed by atoms with Gasteiger partial charge in [0.25, 0.3) is 0 Å². The van der Waals surface area contributed by atoms with Crippen LogP contribution in [0.3, 0.4) is 0 Å². The van der Waals surface area contributed by atoms with E-state index in [1.807, 2.05) is 18.2 Å². The lowest BCUT2D eigenvalue weighted by Crippen LogP contribution is -1.98. The molecule has 0 amide bonds. The van der Waals surface area contributed by atoms with Crippen LogP contribution in [0.25, 0.3) is 0 Å². The Balaban J connectivity index is 2.72. The molecule has 0 saturated carbocycles. The Morgan fingerprint density at radius 1 is 1.13 bits per heavy atom. The number of benzene rings is 1. The SMILES string of the molecule is COCO[CH]c1cc(OC)ccc1OC. The first-order valence-electron chi connectivity index (χ1n) is 4.47. The van der Waals surface area contributed by atoms with Gasteiger partial charge < -0.3 is 18.9 Å². The Bertz CT molecular complexity index is 299. The van der Waals surface area contributed by atoms with Gasteiger partial charge in [0, 0.05) is 12.7 Å². The van der Waals surface area contributed by atoms with Crippen LogP contribution in [0.2, 0.25) is 0 Å². The summed E-state index contributed by atoms with van der Waals surface area (Å²) in [6, 6.07) is 5.47. The Kier molecular flexibility index (Phi) is 4.93. The smallest absolute Gasteiger partial charge is 0.147 e. The van der Waals surface area contributed by atoms with Gasteiger partial charge in [0.2, 0.25) is 0 Å². The average Bonchev–Trinajstić information content (AvgIpc) is 2.29. The molecular weight excluding hydrogens is 196 g/mol. The van der Waals surface area contributed by atoms with E-state index in [4.69, 9.17) is 18.9 Å². The van der Waals surface area contributed by atoms with Crippen LogP contribution in [0.5, 0.6) is 11.5 Å². The van der Waals surface area contributed by atoms with Crippen molar-refractivity contribution < 1.29 is 18.9 Å². The van der Waals surface area contributed by atoms with Crippen LogP contribution in [0, 0.1) is 6.61 Å². The van der Waals surface area contributed by atoms with Crippen molar-refractivity contribution in [2.75, 3.05) is 28.1 Å². The molecule has 1 aromatic carbocycles. The predicted molar refractivity (Wildman–Crippen MR) is 55.9 cm³/mol. The maximum absolute atomic E-state index is 5.17. The molecule has 0 heterocycles. The highest BCUT2D eigenvalue weighted by Crippen LogP contribution is 2.25. The number of hydrogen-bond acceptors (Lipinski definition) is 4. The number of methoxy groups -OCH3 is 3. The van der Waals surface area contributed by atoms with Gasteiger partial charge in [-0.2, -0.15) is 0 Å². The van der Waals surface area contributed by atoms with Gasteiger partial charge in [-0.25, -0.2) is 0 Å². The molecular formula is C11H15O4. The first kappa shape index (κ1) is 11.8. The highest BCUT2D eigenvalue weighted by atomic mass is 16.7. The minimum absolute atomic E-state index is 0.209. The molecule has 0 unspecified atom stereocenters. The quantitative estimate of drug-likeness (QED) is 0.531. The van der Waals surface area contributed by atoms with E-state index < -0.39 is 0 Å². The summed E-state index contributed by atoms with van der Waals surface area (Å²) in [5.74, 6) is 1.48. The zero-order valence-corrected chi connectivity index (χ0v) is 9.15. The van der Waals surface area contributed by atoms with Crippen LogP contribution in [0.15, 0.2) is 18.2 Å². The summed E-state index contributed by atoms with van der Waals surface area (Å²) in [6.07, 6.45) is 0. The van der Waals surface area contributed by atoms with E-state index in [9.17, 15) is 0 Å². The summed E-state index contributed by atoms with van der Waals surface area (Å²) in [6.45, 7) is 1.78. The van der Waals surface area contributed by atoms with E-state index in [0.717, 1.165) is 17.1 Å². The largest absolute Gasteiger partial charge is 0.497 e. The maximum atomic E-state index is 5.17. The zero-order chi connectivity index (χ0) is 11.1. The third-order valence-corrected chi connectivity index (χ3v) is 1.83. The summed E-state index contributed by atoms with van der Waals surface area (Å²) in [4.78, 5) is 0. The highest BCUT2D eigenvalue weighted by Gasteiger charge is 2.05. The van der Waals surface area contributed by atoms with Crippen LogP contribution in [-0.4, -0.2) is 28.1 Å². The second-order valence-electron chi connectivity index (χ2n) is 2.80. The van der Waals surface area contributed by atoms with Crippen molar-refractivity contribution in [3.05, 3.63) is 30.4 Å². The zero-order valence-electron chi connectivity index (χ0n) is 9.15. The monoisotopic (exact) mass is 211 g/mol. The molecule has 0 bridgehead atoms. The molecule has 83 valence electrons. The molecule has 1 rings (SSSR count). The van der Waals surface area contributed by atoms with Gasteiger partial charge in [0.05, 0.1) is 14.2 Å². The Morgan fingerprint density at radius 2 is 1.93 bits per heavy atom. The van der Waals surface area contributed by atoms with E-state index in [2.05, 4.69) is 0 Å². The molecule has 1 radical (unpaired) electrons. The summed E-state index contributed by atoms with van der Waals surface area (Å²) >= 11 is 0. The molecule has 0 aliphatic rings. The van der Waals surface area contributed by atoms with E-state index in [1.54, 1.807) is 27.9 Å². The molecule has 0 aliphatic heterocycles. The van der Waals surface area contributed by atoms with Crippen LogP contribution in [-0.2, 0) is 9.47 Å². The van der Waals surface area contributed by atoms with Crippen molar-refractivity contribution in [3.8, 4) is 11.5 Å². The Hall–Kier alpha value is -1.26. The number of hydrogen-bond donors (Lipinski definition) is 0. The Morgan fingerprint density at radius 3 is 2.53 bits per heavy atom. The fourth-order valence-electron chi connectivity index (χ4n) is 1.12. The van der Waals surface area contributed by atoms with Gasteiger partial charge in [-0.15, -0.1) is 0 Å². The lowest BCUT2D eigenvalue weighted by molar-refractivity contribution is 0.00431. The van der Waals surface area contributed by atoms with Crippen molar-refractivity contribution in [2.24, 2.45) is 0 Å². The highest BCUT2D eigenvalue weighted by molar-refractivity contribution is 5.43. The molecule has 0 aromatic heterocycles. The lowest BCUT2D eigenvalue weighted by atomic mass is 10.2. The molecule has 4 nitrogen and oxygen atoms in total. The molecule has 0 fully saturated rings. The van der Waals surface area contributed by atoms with Crippen molar-refractivity contribution in [2.45, 2.75) is 0 Å². The molecule has 0 N–H and O–H groups in total. The second-order valence-corrected chi connectivity index (χ2v) is 2.80.